The van der Waals surface area contributed by atoms with Crippen LogP contribution in [-0.2, 0) is 0 Å². The highest BCUT2D eigenvalue weighted by Crippen LogP contribution is 2.35. The van der Waals surface area contributed by atoms with E-state index in [-0.39, 0.29) is 0 Å². The zero-order chi connectivity index (χ0) is 13.0. The fourth-order valence-electron chi connectivity index (χ4n) is 2.86. The van der Waals surface area contributed by atoms with Crippen molar-refractivity contribution in [1.82, 2.24) is 0 Å². The van der Waals surface area contributed by atoms with Gasteiger partial charge in [-0.2, -0.15) is 0 Å². The van der Waals surface area contributed by atoms with Crippen molar-refractivity contribution in [2.45, 2.75) is 13.8 Å². The van der Waals surface area contributed by atoms with Crippen LogP contribution in [0.3, 0.4) is 0 Å². The standard InChI is InChI=1S/C18H14O/c1-11-6-9-17-16(10-11)15-8-7-13-12(2)4-3-5-14(13)18(15)19-17/h3-10H,1-2H3. The maximum absolute atomic E-state index is 6.08. The van der Waals surface area contributed by atoms with Gasteiger partial charge in [-0.25, -0.2) is 0 Å². The largest absolute Gasteiger partial charge is 0.455 e. The monoisotopic (exact) mass is 246 g/mol. The van der Waals surface area contributed by atoms with Gasteiger partial charge >= 0.3 is 0 Å². The average molecular weight is 246 g/mol. The Morgan fingerprint density at radius 2 is 1.53 bits per heavy atom. The highest BCUT2D eigenvalue weighted by atomic mass is 16.3. The number of hydrogen-bond donors (Lipinski definition) is 0. The van der Waals surface area contributed by atoms with Crippen LogP contribution in [0, 0.1) is 13.8 Å². The number of rotatable bonds is 0. The third-order valence-electron chi connectivity index (χ3n) is 3.87. The predicted molar refractivity (Wildman–Crippen MR) is 80.7 cm³/mol. The van der Waals surface area contributed by atoms with Crippen LogP contribution >= 0.6 is 0 Å². The summed E-state index contributed by atoms with van der Waals surface area (Å²) in [6.07, 6.45) is 0. The summed E-state index contributed by atoms with van der Waals surface area (Å²) >= 11 is 0. The molecule has 0 N–H and O–H groups in total. The van der Waals surface area contributed by atoms with Crippen molar-refractivity contribution in [1.29, 1.82) is 0 Å². The lowest BCUT2D eigenvalue weighted by atomic mass is 10.0. The highest BCUT2D eigenvalue weighted by Gasteiger charge is 2.10. The summed E-state index contributed by atoms with van der Waals surface area (Å²) < 4.78 is 6.08. The van der Waals surface area contributed by atoms with Crippen LogP contribution in [0.2, 0.25) is 0 Å². The van der Waals surface area contributed by atoms with E-state index in [0.29, 0.717) is 0 Å². The van der Waals surface area contributed by atoms with Crippen molar-refractivity contribution in [3.63, 3.8) is 0 Å². The van der Waals surface area contributed by atoms with Gasteiger partial charge in [-0.05, 0) is 43.0 Å². The van der Waals surface area contributed by atoms with Gasteiger partial charge in [0.25, 0.3) is 0 Å². The van der Waals surface area contributed by atoms with E-state index in [9.17, 15) is 0 Å². The van der Waals surface area contributed by atoms with Crippen molar-refractivity contribution in [3.8, 4) is 0 Å². The van der Waals surface area contributed by atoms with Crippen LogP contribution in [0.25, 0.3) is 32.7 Å². The van der Waals surface area contributed by atoms with Gasteiger partial charge in [0.1, 0.15) is 11.2 Å². The van der Waals surface area contributed by atoms with E-state index < -0.39 is 0 Å². The van der Waals surface area contributed by atoms with Crippen LogP contribution < -0.4 is 0 Å². The molecule has 0 aliphatic carbocycles. The second kappa shape index (κ2) is 3.61. The Hall–Kier alpha value is -2.28. The lowest BCUT2D eigenvalue weighted by Crippen LogP contribution is -1.78. The van der Waals surface area contributed by atoms with Crippen LogP contribution in [-0.4, -0.2) is 0 Å². The van der Waals surface area contributed by atoms with E-state index in [2.05, 4.69) is 62.4 Å². The number of hydrogen-bond acceptors (Lipinski definition) is 1. The maximum Gasteiger partial charge on any atom is 0.143 e. The molecule has 1 heterocycles. The molecular formula is C18H14O. The highest BCUT2D eigenvalue weighted by molar-refractivity contribution is 6.15. The van der Waals surface area contributed by atoms with Gasteiger partial charge in [-0.15, -0.1) is 0 Å². The minimum absolute atomic E-state index is 0.967. The molecule has 0 atom stereocenters. The van der Waals surface area contributed by atoms with Crippen molar-refractivity contribution >= 4 is 32.7 Å². The second-order valence-corrected chi connectivity index (χ2v) is 5.21. The Morgan fingerprint density at radius 3 is 2.42 bits per heavy atom. The van der Waals surface area contributed by atoms with Crippen LogP contribution in [0.4, 0.5) is 0 Å². The molecule has 92 valence electrons. The maximum atomic E-state index is 6.08. The summed E-state index contributed by atoms with van der Waals surface area (Å²) in [5.41, 5.74) is 4.52. The van der Waals surface area contributed by atoms with Crippen LogP contribution in [0.5, 0.6) is 0 Å². The van der Waals surface area contributed by atoms with Crippen molar-refractivity contribution in [2.24, 2.45) is 0 Å². The summed E-state index contributed by atoms with van der Waals surface area (Å²) in [7, 11) is 0. The molecule has 4 rings (SSSR count). The Bertz CT molecular complexity index is 929. The molecule has 0 spiro atoms. The summed E-state index contributed by atoms with van der Waals surface area (Å²) in [4.78, 5) is 0. The van der Waals surface area contributed by atoms with E-state index in [4.69, 9.17) is 4.42 Å². The van der Waals surface area contributed by atoms with Crippen LogP contribution in [0.1, 0.15) is 11.1 Å². The topological polar surface area (TPSA) is 13.1 Å². The zero-order valence-electron chi connectivity index (χ0n) is 11.0. The minimum atomic E-state index is 0.967. The molecule has 0 aliphatic heterocycles. The van der Waals surface area contributed by atoms with E-state index in [1.54, 1.807) is 0 Å². The van der Waals surface area contributed by atoms with Gasteiger partial charge in [0, 0.05) is 16.2 Å². The van der Waals surface area contributed by atoms with Gasteiger partial charge in [0.05, 0.1) is 0 Å². The summed E-state index contributed by atoms with van der Waals surface area (Å²) in [5.74, 6) is 0. The molecule has 0 radical (unpaired) electrons. The van der Waals surface area contributed by atoms with Gasteiger partial charge in [-0.1, -0.05) is 35.9 Å². The molecule has 3 aromatic carbocycles. The van der Waals surface area contributed by atoms with Crippen molar-refractivity contribution in [3.05, 3.63) is 59.7 Å². The second-order valence-electron chi connectivity index (χ2n) is 5.21. The normalized spacial score (nSPS) is 11.7. The molecule has 1 heteroatoms. The summed E-state index contributed by atoms with van der Waals surface area (Å²) in [6.45, 7) is 4.25. The number of benzene rings is 3. The van der Waals surface area contributed by atoms with E-state index in [0.717, 1.165) is 11.2 Å². The molecule has 0 bridgehead atoms. The van der Waals surface area contributed by atoms with Gasteiger partial charge in [-0.3, -0.25) is 0 Å². The van der Waals surface area contributed by atoms with E-state index in [1.807, 2.05) is 0 Å². The van der Waals surface area contributed by atoms with Crippen molar-refractivity contribution < 1.29 is 4.42 Å². The molecule has 0 amide bonds. The average Bonchev–Trinajstić information content (AvgIpc) is 2.77. The molecule has 0 unspecified atom stereocenters. The van der Waals surface area contributed by atoms with Gasteiger partial charge < -0.3 is 4.42 Å². The Labute approximate surface area is 111 Å². The molecule has 0 saturated carbocycles. The molecule has 19 heavy (non-hydrogen) atoms. The first kappa shape index (κ1) is 10.6. The first-order valence-corrected chi connectivity index (χ1v) is 6.55. The predicted octanol–water partition coefficient (Wildman–Crippen LogP) is 5.36. The molecule has 1 nitrogen and oxygen atoms in total. The number of fused-ring (bicyclic) bond motifs is 5. The lowest BCUT2D eigenvalue weighted by Gasteiger charge is -2.01. The molecular weight excluding hydrogens is 232 g/mol. The van der Waals surface area contributed by atoms with E-state index in [1.165, 1.54) is 32.7 Å². The third kappa shape index (κ3) is 1.42. The molecule has 0 fully saturated rings. The van der Waals surface area contributed by atoms with Crippen molar-refractivity contribution in [2.75, 3.05) is 0 Å². The quantitative estimate of drug-likeness (QED) is 0.407. The first-order valence-electron chi connectivity index (χ1n) is 6.55. The van der Waals surface area contributed by atoms with E-state index >= 15 is 0 Å². The lowest BCUT2D eigenvalue weighted by molar-refractivity contribution is 0.672. The molecule has 0 aliphatic rings. The fraction of sp³-hybridized carbons (Fsp3) is 0.111. The number of furan rings is 1. The van der Waals surface area contributed by atoms with Gasteiger partial charge in [0.15, 0.2) is 0 Å². The molecule has 0 saturated heterocycles. The zero-order valence-corrected chi connectivity index (χ0v) is 11.0. The molecule has 1 aromatic heterocycles. The smallest absolute Gasteiger partial charge is 0.143 e. The minimum Gasteiger partial charge on any atom is -0.455 e. The summed E-state index contributed by atoms with van der Waals surface area (Å²) in [6, 6.07) is 17.1. The number of aryl methyl sites for hydroxylation is 2. The van der Waals surface area contributed by atoms with Crippen LogP contribution in [0.15, 0.2) is 52.9 Å². The fourth-order valence-corrected chi connectivity index (χ4v) is 2.86. The summed E-state index contributed by atoms with van der Waals surface area (Å²) in [5, 5.41) is 4.88. The van der Waals surface area contributed by atoms with Gasteiger partial charge in [0.2, 0.25) is 0 Å². The third-order valence-corrected chi connectivity index (χ3v) is 3.87. The molecule has 4 aromatic rings. The first-order chi connectivity index (χ1) is 9.24. The Morgan fingerprint density at radius 1 is 0.737 bits per heavy atom. The SMILES string of the molecule is Cc1ccc2oc3c4cccc(C)c4ccc3c2c1. The Balaban J connectivity index is 2.28. The Kier molecular flexibility index (Phi) is 2.02.